The number of likely N-dealkylation sites (tertiary alicyclic amines) is 2. The third-order valence-electron chi connectivity index (χ3n) is 8.11. The van der Waals surface area contributed by atoms with E-state index in [1.807, 2.05) is 65.6 Å². The summed E-state index contributed by atoms with van der Waals surface area (Å²) in [5, 5.41) is 5.04. The van der Waals surface area contributed by atoms with Gasteiger partial charge in [0.2, 0.25) is 0 Å². The van der Waals surface area contributed by atoms with Gasteiger partial charge in [0.1, 0.15) is 11.8 Å². The second-order valence-corrected chi connectivity index (χ2v) is 10.7. The van der Waals surface area contributed by atoms with Crippen LogP contribution in [0.2, 0.25) is 0 Å². The van der Waals surface area contributed by atoms with Crippen LogP contribution in [0.1, 0.15) is 34.9 Å². The van der Waals surface area contributed by atoms with E-state index in [9.17, 15) is 9.59 Å². The van der Waals surface area contributed by atoms with Crippen LogP contribution in [0.3, 0.4) is 0 Å². The van der Waals surface area contributed by atoms with Gasteiger partial charge < -0.3 is 24.6 Å². The van der Waals surface area contributed by atoms with Gasteiger partial charge >= 0.3 is 6.09 Å². The van der Waals surface area contributed by atoms with Crippen molar-refractivity contribution < 1.29 is 19.1 Å². The topological polar surface area (TPSA) is 84.0 Å². The highest BCUT2D eigenvalue weighted by molar-refractivity contribution is 6.05. The maximum atomic E-state index is 13.4. The third-order valence-corrected chi connectivity index (χ3v) is 8.11. The summed E-state index contributed by atoms with van der Waals surface area (Å²) in [4.78, 5) is 34.9. The van der Waals surface area contributed by atoms with Gasteiger partial charge in [-0.15, -0.1) is 0 Å². The molecule has 3 aromatic rings. The SMILES string of the molecule is O=C(NC(CCN1CC2CN(C(=O)c3nccc4ccccc34)C[C@@H]2C1)c1ccccc1)OC1CCOC1. The van der Waals surface area contributed by atoms with Gasteiger partial charge in [-0.25, -0.2) is 4.79 Å². The molecule has 3 saturated heterocycles. The molecule has 0 aliphatic carbocycles. The molecule has 2 amide bonds. The van der Waals surface area contributed by atoms with Gasteiger partial charge in [-0.1, -0.05) is 54.6 Å². The molecule has 8 heteroatoms. The fourth-order valence-electron chi connectivity index (χ4n) is 6.13. The number of rotatable bonds is 7. The van der Waals surface area contributed by atoms with Crippen molar-refractivity contribution in [2.45, 2.75) is 25.0 Å². The number of hydrogen-bond donors (Lipinski definition) is 1. The van der Waals surface area contributed by atoms with Crippen LogP contribution in [0, 0.1) is 11.8 Å². The van der Waals surface area contributed by atoms with Crippen molar-refractivity contribution in [1.82, 2.24) is 20.1 Å². The predicted molar refractivity (Wildman–Crippen MR) is 144 cm³/mol. The standard InChI is InChI=1S/C30H34N4O4/c35-29(28-26-9-5-4-6-21(26)10-13-31-28)34-18-23-16-33(17-24(23)19-34)14-11-27(22-7-2-1-3-8-22)32-30(36)38-25-12-15-37-20-25/h1-10,13,23-25,27H,11-12,14-20H2,(H,32,36)/t23-,24?,25?,27?/m0/s1. The van der Waals surface area contributed by atoms with E-state index in [1.165, 1.54) is 0 Å². The molecule has 8 nitrogen and oxygen atoms in total. The van der Waals surface area contributed by atoms with E-state index in [2.05, 4.69) is 15.2 Å². The van der Waals surface area contributed by atoms with Gasteiger partial charge in [-0.2, -0.15) is 0 Å². The molecule has 4 atom stereocenters. The summed E-state index contributed by atoms with van der Waals surface area (Å²) in [5.41, 5.74) is 1.62. The molecule has 1 aromatic heterocycles. The molecule has 6 rings (SSSR count). The maximum absolute atomic E-state index is 13.4. The van der Waals surface area contributed by atoms with Crippen LogP contribution in [0.4, 0.5) is 4.79 Å². The molecule has 198 valence electrons. The summed E-state index contributed by atoms with van der Waals surface area (Å²) in [6.45, 7) is 5.43. The van der Waals surface area contributed by atoms with Crippen molar-refractivity contribution in [3.05, 3.63) is 78.1 Å². The number of amides is 2. The van der Waals surface area contributed by atoms with Crippen molar-refractivity contribution in [1.29, 1.82) is 0 Å². The number of carbonyl (C=O) groups is 2. The minimum absolute atomic E-state index is 0.0299. The summed E-state index contributed by atoms with van der Waals surface area (Å²) < 4.78 is 10.9. The molecule has 3 aliphatic rings. The minimum atomic E-state index is -0.385. The number of aromatic nitrogens is 1. The number of alkyl carbamates (subject to hydrolysis) is 1. The van der Waals surface area contributed by atoms with E-state index in [4.69, 9.17) is 9.47 Å². The highest BCUT2D eigenvalue weighted by Crippen LogP contribution is 2.33. The number of carbonyl (C=O) groups excluding carboxylic acids is 2. The molecule has 0 bridgehead atoms. The van der Waals surface area contributed by atoms with Gasteiger partial charge in [-0.05, 0) is 35.3 Å². The first kappa shape index (κ1) is 24.8. The summed E-state index contributed by atoms with van der Waals surface area (Å²) in [6.07, 6.45) is 2.71. The highest BCUT2D eigenvalue weighted by Gasteiger charge is 2.42. The number of hydrogen-bond acceptors (Lipinski definition) is 6. The molecule has 0 saturated carbocycles. The van der Waals surface area contributed by atoms with Crippen LogP contribution in [0.25, 0.3) is 10.8 Å². The molecule has 3 aliphatic heterocycles. The fourth-order valence-corrected chi connectivity index (χ4v) is 6.13. The quantitative estimate of drug-likeness (QED) is 0.515. The zero-order chi connectivity index (χ0) is 25.9. The Morgan fingerprint density at radius 3 is 2.53 bits per heavy atom. The van der Waals surface area contributed by atoms with Crippen molar-refractivity contribution in [2.24, 2.45) is 11.8 Å². The number of benzene rings is 2. The van der Waals surface area contributed by atoms with Crippen LogP contribution in [-0.2, 0) is 9.47 Å². The van der Waals surface area contributed by atoms with E-state index in [0.717, 1.165) is 61.9 Å². The largest absolute Gasteiger partial charge is 0.444 e. The van der Waals surface area contributed by atoms with Crippen LogP contribution >= 0.6 is 0 Å². The molecule has 3 unspecified atom stereocenters. The predicted octanol–water partition coefficient (Wildman–Crippen LogP) is 3.89. The molecule has 0 spiro atoms. The first-order valence-electron chi connectivity index (χ1n) is 13.6. The lowest BCUT2D eigenvalue weighted by Gasteiger charge is -2.25. The number of fused-ring (bicyclic) bond motifs is 2. The second-order valence-electron chi connectivity index (χ2n) is 10.7. The Balaban J connectivity index is 1.04. The van der Waals surface area contributed by atoms with E-state index in [1.54, 1.807) is 6.20 Å². The Morgan fingerprint density at radius 1 is 1.00 bits per heavy atom. The summed E-state index contributed by atoms with van der Waals surface area (Å²) in [6, 6.07) is 19.8. The average Bonchev–Trinajstić information content (AvgIpc) is 3.68. The van der Waals surface area contributed by atoms with E-state index < -0.39 is 0 Å². The Hall–Kier alpha value is -3.49. The highest BCUT2D eigenvalue weighted by atomic mass is 16.6. The van der Waals surface area contributed by atoms with Crippen molar-refractivity contribution >= 4 is 22.8 Å². The lowest BCUT2D eigenvalue weighted by molar-refractivity contribution is 0.0770. The van der Waals surface area contributed by atoms with Gasteiger partial charge in [0, 0.05) is 50.7 Å². The molecule has 3 fully saturated rings. The van der Waals surface area contributed by atoms with Gasteiger partial charge in [0.25, 0.3) is 5.91 Å². The van der Waals surface area contributed by atoms with Crippen LogP contribution < -0.4 is 5.32 Å². The smallest absolute Gasteiger partial charge is 0.407 e. The monoisotopic (exact) mass is 514 g/mol. The van der Waals surface area contributed by atoms with Crippen molar-refractivity contribution in [3.8, 4) is 0 Å². The fraction of sp³-hybridized carbons (Fsp3) is 0.433. The zero-order valence-electron chi connectivity index (χ0n) is 21.5. The third kappa shape index (κ3) is 5.37. The minimum Gasteiger partial charge on any atom is -0.444 e. The zero-order valence-corrected chi connectivity index (χ0v) is 21.5. The van der Waals surface area contributed by atoms with Gasteiger partial charge in [0.15, 0.2) is 0 Å². The Bertz CT molecular complexity index is 1260. The Morgan fingerprint density at radius 2 is 1.76 bits per heavy atom. The molecular formula is C30H34N4O4. The Kier molecular flexibility index (Phi) is 7.25. The van der Waals surface area contributed by atoms with Crippen molar-refractivity contribution in [3.63, 3.8) is 0 Å². The van der Waals surface area contributed by atoms with Gasteiger partial charge in [0.05, 0.1) is 19.3 Å². The number of ether oxygens (including phenoxy) is 2. The first-order chi connectivity index (χ1) is 18.6. The van der Waals surface area contributed by atoms with E-state index in [0.29, 0.717) is 30.7 Å². The maximum Gasteiger partial charge on any atom is 0.407 e. The number of nitrogens with zero attached hydrogens (tertiary/aromatic N) is 3. The molecule has 1 N–H and O–H groups in total. The first-order valence-corrected chi connectivity index (χ1v) is 13.6. The lowest BCUT2D eigenvalue weighted by Crippen LogP contribution is -2.36. The average molecular weight is 515 g/mol. The van der Waals surface area contributed by atoms with Crippen molar-refractivity contribution in [2.75, 3.05) is 45.9 Å². The summed E-state index contributed by atoms with van der Waals surface area (Å²) in [5.74, 6) is 0.955. The number of nitrogens with one attached hydrogen (secondary N) is 1. The normalized spacial score (nSPS) is 23.9. The van der Waals surface area contributed by atoms with E-state index in [-0.39, 0.29) is 24.1 Å². The molecule has 38 heavy (non-hydrogen) atoms. The molecule has 4 heterocycles. The molecule has 0 radical (unpaired) electrons. The van der Waals surface area contributed by atoms with Gasteiger partial charge in [-0.3, -0.25) is 9.78 Å². The summed E-state index contributed by atoms with van der Waals surface area (Å²) >= 11 is 0. The molecular weight excluding hydrogens is 480 g/mol. The molecule has 2 aromatic carbocycles. The van der Waals surface area contributed by atoms with Crippen LogP contribution in [0.15, 0.2) is 66.9 Å². The Labute approximate surface area is 222 Å². The number of pyridine rings is 1. The van der Waals surface area contributed by atoms with Crippen LogP contribution in [0.5, 0.6) is 0 Å². The van der Waals surface area contributed by atoms with Crippen LogP contribution in [-0.4, -0.2) is 78.8 Å². The van der Waals surface area contributed by atoms with E-state index >= 15 is 0 Å². The second kappa shape index (κ2) is 11.1. The summed E-state index contributed by atoms with van der Waals surface area (Å²) in [7, 11) is 0. The lowest BCUT2D eigenvalue weighted by atomic mass is 10.0.